The predicted molar refractivity (Wildman–Crippen MR) is 254 cm³/mol. The topological polar surface area (TPSA) is 172 Å². The average molecular weight is 935 g/mol. The number of methoxy groups -OCH3 is 3. The Morgan fingerprint density at radius 1 is 0.682 bits per heavy atom. The molecule has 0 fully saturated rings. The van der Waals surface area contributed by atoms with Crippen LogP contribution in [0.15, 0.2) is 125 Å². The molecule has 4 aromatic carbocycles. The molecule has 0 aliphatic heterocycles. The van der Waals surface area contributed by atoms with Gasteiger partial charge in [-0.05, 0) is 106 Å². The van der Waals surface area contributed by atoms with E-state index in [9.17, 15) is 0 Å². The maximum Gasteiger partial charge on any atom is 0.245 e. The van der Waals surface area contributed by atoms with Crippen molar-refractivity contribution >= 4 is 25.7 Å². The zero-order valence-corrected chi connectivity index (χ0v) is 40.7. The fraction of sp³-hybridized carbons (Fsp3) is 0.347. The number of tetrazole rings is 1. The summed E-state index contributed by atoms with van der Waals surface area (Å²) in [5, 5.41) is 13.7. The fourth-order valence-corrected chi connectivity index (χ4v) is 13.0. The van der Waals surface area contributed by atoms with Gasteiger partial charge in [-0.15, -0.1) is 10.2 Å². The standard InChI is InChI=1S/C49H58N8O7S2/c1-33(45(48(2,3)4)49(5,6)7)53-65(58,59)42-26-25-40(41-12-11-28-55-29-27-50-47(41)55)43(46-51-54-57(52-46)32-36-17-23-39(64-10)24-18-36)44(42)66(60,61)56(30-34-13-19-37(62-8)20-14-34)31-35-15-21-38(63-9)22-16-35/h11-29,33,45,53H,30-32H2,1-10H3. The summed E-state index contributed by atoms with van der Waals surface area (Å²) in [7, 11) is -4.83. The molecule has 1 atom stereocenters. The predicted octanol–water partition coefficient (Wildman–Crippen LogP) is 8.50. The van der Waals surface area contributed by atoms with Gasteiger partial charge in [0.05, 0.1) is 33.4 Å². The van der Waals surface area contributed by atoms with Gasteiger partial charge in [0.15, 0.2) is 0 Å². The molecule has 0 saturated heterocycles. The maximum atomic E-state index is 16.2. The summed E-state index contributed by atoms with van der Waals surface area (Å²) in [6.45, 7) is 14.1. The van der Waals surface area contributed by atoms with Crippen LogP contribution in [0.3, 0.4) is 0 Å². The summed E-state index contributed by atoms with van der Waals surface area (Å²) >= 11 is 0. The summed E-state index contributed by atoms with van der Waals surface area (Å²) in [5.74, 6) is 1.56. The molecule has 0 radical (unpaired) electrons. The summed E-state index contributed by atoms with van der Waals surface area (Å²) in [6.07, 6.45) is 5.23. The third-order valence-corrected chi connectivity index (χ3v) is 15.2. The van der Waals surface area contributed by atoms with E-state index in [0.29, 0.717) is 45.1 Å². The van der Waals surface area contributed by atoms with Crippen molar-refractivity contribution < 1.29 is 31.0 Å². The van der Waals surface area contributed by atoms with Crippen molar-refractivity contribution in [3.05, 3.63) is 132 Å². The van der Waals surface area contributed by atoms with Gasteiger partial charge in [0.25, 0.3) is 0 Å². The van der Waals surface area contributed by atoms with E-state index in [2.05, 4.69) is 61.6 Å². The Labute approximate surface area is 387 Å². The van der Waals surface area contributed by atoms with Crippen molar-refractivity contribution in [3.63, 3.8) is 0 Å². The Bertz CT molecular complexity index is 2950. The molecule has 348 valence electrons. The number of hydrogen-bond acceptors (Lipinski definition) is 11. The Balaban J connectivity index is 1.52. The lowest BCUT2D eigenvalue weighted by Gasteiger charge is -2.44. The van der Waals surface area contributed by atoms with E-state index in [1.165, 1.54) is 15.2 Å². The third-order valence-electron chi connectivity index (χ3n) is 11.6. The lowest BCUT2D eigenvalue weighted by atomic mass is 9.64. The SMILES string of the molecule is COc1ccc(CN(Cc2ccc(OC)cc2)S(=O)(=O)c2c(S(=O)(=O)NC(C)C(C(C)(C)C)C(C)(C)C)ccc(-c3cccn4ccnc34)c2-c2nnn(Cc3ccc(OC)cc3)n2)cc1. The first-order chi connectivity index (χ1) is 31.2. The van der Waals surface area contributed by atoms with Crippen LogP contribution in [0.2, 0.25) is 0 Å². The van der Waals surface area contributed by atoms with Gasteiger partial charge in [-0.2, -0.15) is 9.10 Å². The number of nitrogens with one attached hydrogen (secondary N) is 1. The van der Waals surface area contributed by atoms with E-state index in [1.807, 2.05) is 43.5 Å². The molecule has 1 unspecified atom stereocenters. The molecule has 15 nitrogen and oxygen atoms in total. The number of hydrogen-bond donors (Lipinski definition) is 1. The highest BCUT2D eigenvalue weighted by molar-refractivity contribution is 7.92. The van der Waals surface area contributed by atoms with Crippen LogP contribution in [-0.2, 0) is 39.7 Å². The molecule has 0 aliphatic carbocycles. The number of sulfonamides is 2. The minimum Gasteiger partial charge on any atom is -0.497 e. The van der Waals surface area contributed by atoms with E-state index >= 15 is 16.8 Å². The van der Waals surface area contributed by atoms with Gasteiger partial charge in [-0.3, -0.25) is 0 Å². The first kappa shape index (κ1) is 47.8. The highest BCUT2D eigenvalue weighted by Gasteiger charge is 2.43. The quantitative estimate of drug-likeness (QED) is 0.0928. The number of ether oxygens (including phenoxy) is 3. The molecule has 66 heavy (non-hydrogen) atoms. The molecule has 7 aromatic rings. The maximum absolute atomic E-state index is 16.2. The smallest absolute Gasteiger partial charge is 0.245 e. The molecule has 3 heterocycles. The van der Waals surface area contributed by atoms with Gasteiger partial charge in [-0.1, -0.05) is 84.0 Å². The van der Waals surface area contributed by atoms with E-state index in [1.54, 1.807) is 98.8 Å². The van der Waals surface area contributed by atoms with Gasteiger partial charge in [0, 0.05) is 43.3 Å². The van der Waals surface area contributed by atoms with Gasteiger partial charge < -0.3 is 18.6 Å². The number of benzene rings is 4. The first-order valence-electron chi connectivity index (χ1n) is 21.5. The monoisotopic (exact) mass is 934 g/mol. The van der Waals surface area contributed by atoms with Crippen molar-refractivity contribution in [2.45, 2.75) is 83.9 Å². The molecule has 0 amide bonds. The Hall–Kier alpha value is -6.14. The molecule has 0 spiro atoms. The number of rotatable bonds is 17. The normalized spacial score (nSPS) is 13.1. The van der Waals surface area contributed by atoms with Crippen molar-refractivity contribution in [2.24, 2.45) is 16.7 Å². The molecule has 1 N–H and O–H groups in total. The fourth-order valence-electron chi connectivity index (χ4n) is 9.34. The summed E-state index contributed by atoms with van der Waals surface area (Å²) in [4.78, 5) is 5.00. The van der Waals surface area contributed by atoms with Crippen LogP contribution in [0.1, 0.15) is 65.2 Å². The highest BCUT2D eigenvalue weighted by atomic mass is 32.2. The highest BCUT2D eigenvalue weighted by Crippen LogP contribution is 2.45. The minimum absolute atomic E-state index is 0.0553. The molecule has 0 bridgehead atoms. The zero-order chi connectivity index (χ0) is 47.6. The third kappa shape index (κ3) is 10.3. The second kappa shape index (κ2) is 19.0. The summed E-state index contributed by atoms with van der Waals surface area (Å²) in [5.41, 5.74) is 2.69. The lowest BCUT2D eigenvalue weighted by molar-refractivity contribution is 0.0757. The minimum atomic E-state index is -4.87. The van der Waals surface area contributed by atoms with Gasteiger partial charge >= 0.3 is 0 Å². The van der Waals surface area contributed by atoms with Crippen molar-refractivity contribution in [2.75, 3.05) is 21.3 Å². The number of aromatic nitrogens is 6. The Morgan fingerprint density at radius 2 is 1.21 bits per heavy atom. The molecule has 3 aromatic heterocycles. The molecule has 0 saturated carbocycles. The second-order valence-electron chi connectivity index (χ2n) is 18.5. The molecule has 17 heteroatoms. The second-order valence-corrected chi connectivity index (χ2v) is 22.0. The number of pyridine rings is 1. The van der Waals surface area contributed by atoms with E-state index in [-0.39, 0.29) is 47.8 Å². The number of fused-ring (bicyclic) bond motifs is 1. The molecule has 7 rings (SSSR count). The van der Waals surface area contributed by atoms with E-state index in [4.69, 9.17) is 19.3 Å². The van der Waals surface area contributed by atoms with Crippen LogP contribution in [0, 0.1) is 16.7 Å². The van der Waals surface area contributed by atoms with Crippen molar-refractivity contribution in [3.8, 4) is 39.8 Å². The van der Waals surface area contributed by atoms with Crippen LogP contribution in [-0.4, -0.2) is 78.1 Å². The van der Waals surface area contributed by atoms with Gasteiger partial charge in [0.1, 0.15) is 32.7 Å². The summed E-state index contributed by atoms with van der Waals surface area (Å²) < 4.78 is 85.3. The van der Waals surface area contributed by atoms with Crippen molar-refractivity contribution in [1.29, 1.82) is 0 Å². The number of imidazole rings is 1. The Morgan fingerprint density at radius 3 is 1.73 bits per heavy atom. The van der Waals surface area contributed by atoms with Crippen LogP contribution in [0.4, 0.5) is 0 Å². The van der Waals surface area contributed by atoms with Crippen molar-refractivity contribution in [1.82, 2.24) is 38.6 Å². The Kier molecular flexibility index (Phi) is 13.8. The van der Waals surface area contributed by atoms with Crippen LogP contribution < -0.4 is 18.9 Å². The average Bonchev–Trinajstić information content (AvgIpc) is 3.95. The van der Waals surface area contributed by atoms with Gasteiger partial charge in [0.2, 0.25) is 25.9 Å². The zero-order valence-electron chi connectivity index (χ0n) is 39.1. The van der Waals surface area contributed by atoms with Crippen LogP contribution in [0.5, 0.6) is 17.2 Å². The molecule has 0 aliphatic rings. The summed E-state index contributed by atoms with van der Waals surface area (Å²) in [6, 6.07) is 27.4. The first-order valence-corrected chi connectivity index (χ1v) is 24.4. The van der Waals surface area contributed by atoms with E-state index < -0.39 is 35.9 Å². The van der Waals surface area contributed by atoms with Crippen LogP contribution >= 0.6 is 0 Å². The van der Waals surface area contributed by atoms with Gasteiger partial charge in [-0.25, -0.2) is 26.5 Å². The largest absolute Gasteiger partial charge is 0.497 e. The van der Waals surface area contributed by atoms with Crippen LogP contribution in [0.25, 0.3) is 28.2 Å². The molecular formula is C49H58N8O7S2. The lowest BCUT2D eigenvalue weighted by Crippen LogP contribution is -2.48. The van der Waals surface area contributed by atoms with E-state index in [0.717, 1.165) is 5.56 Å². The number of nitrogens with zero attached hydrogens (tertiary/aromatic N) is 7. The molecular weight excluding hydrogens is 877 g/mol.